The zero-order chi connectivity index (χ0) is 17.3. The molecule has 0 N–H and O–H groups in total. The van der Waals surface area contributed by atoms with Crippen LogP contribution in [0.1, 0.15) is 29.6 Å². The topological polar surface area (TPSA) is 51.2 Å². The van der Waals surface area contributed by atoms with Crippen molar-refractivity contribution in [2.24, 2.45) is 0 Å². The molecule has 0 spiro atoms. The lowest BCUT2D eigenvalue weighted by Crippen LogP contribution is -2.42. The quantitative estimate of drug-likeness (QED) is 0.843. The van der Waals surface area contributed by atoms with Crippen LogP contribution in [0.3, 0.4) is 0 Å². The molecule has 132 valence electrons. The van der Waals surface area contributed by atoms with Crippen LogP contribution in [0.2, 0.25) is 0 Å². The van der Waals surface area contributed by atoms with E-state index in [0.29, 0.717) is 28.9 Å². The van der Waals surface area contributed by atoms with E-state index in [1.807, 2.05) is 0 Å². The number of benzene rings is 1. The fourth-order valence-corrected chi connectivity index (χ4v) is 3.91. The number of fused-ring (bicyclic) bond motifs is 2. The molecule has 2 heterocycles. The molecule has 3 rings (SSSR count). The van der Waals surface area contributed by atoms with Crippen LogP contribution >= 0.6 is 0 Å². The van der Waals surface area contributed by atoms with Crippen LogP contribution in [0.5, 0.6) is 17.2 Å². The van der Waals surface area contributed by atoms with Gasteiger partial charge in [0.05, 0.1) is 26.9 Å². The van der Waals surface area contributed by atoms with Gasteiger partial charge >= 0.3 is 0 Å². The first kappa shape index (κ1) is 16.9. The Morgan fingerprint density at radius 2 is 1.58 bits per heavy atom. The summed E-state index contributed by atoms with van der Waals surface area (Å²) < 4.78 is 16.1. The van der Waals surface area contributed by atoms with Gasteiger partial charge in [-0.05, 0) is 32.9 Å². The number of ether oxygens (including phenoxy) is 3. The first-order valence-corrected chi connectivity index (χ1v) is 8.40. The predicted octanol–water partition coefficient (Wildman–Crippen LogP) is 2.02. The molecule has 0 radical (unpaired) electrons. The van der Waals surface area contributed by atoms with Crippen molar-refractivity contribution >= 4 is 5.91 Å². The van der Waals surface area contributed by atoms with E-state index in [1.165, 1.54) is 0 Å². The minimum atomic E-state index is 0.0237. The molecular weight excluding hydrogens is 308 g/mol. The van der Waals surface area contributed by atoms with Crippen molar-refractivity contribution in [3.05, 3.63) is 17.7 Å². The highest BCUT2D eigenvalue weighted by Gasteiger charge is 2.40. The summed E-state index contributed by atoms with van der Waals surface area (Å²) in [6.45, 7) is 1.96. The number of carbonyl (C=O) groups is 1. The van der Waals surface area contributed by atoms with Crippen molar-refractivity contribution in [1.29, 1.82) is 0 Å². The summed E-state index contributed by atoms with van der Waals surface area (Å²) in [6, 6.07) is 4.03. The van der Waals surface area contributed by atoms with Gasteiger partial charge in [-0.2, -0.15) is 0 Å². The number of rotatable bonds is 4. The number of nitrogens with zero attached hydrogens (tertiary/aromatic N) is 2. The van der Waals surface area contributed by atoms with Crippen LogP contribution in [0.25, 0.3) is 0 Å². The number of carbonyl (C=O) groups excluding carboxylic acids is 1. The van der Waals surface area contributed by atoms with E-state index < -0.39 is 0 Å². The van der Waals surface area contributed by atoms with Crippen molar-refractivity contribution in [2.75, 3.05) is 41.5 Å². The third kappa shape index (κ3) is 2.90. The van der Waals surface area contributed by atoms with E-state index in [9.17, 15) is 4.79 Å². The lowest BCUT2D eigenvalue weighted by atomic mass is 10.1. The molecule has 1 aromatic carbocycles. The number of hydrogen-bond acceptors (Lipinski definition) is 5. The van der Waals surface area contributed by atoms with Gasteiger partial charge in [0.2, 0.25) is 0 Å². The Kier molecular flexibility index (Phi) is 4.85. The van der Waals surface area contributed by atoms with Crippen LogP contribution in [0, 0.1) is 0 Å². The van der Waals surface area contributed by atoms with E-state index in [0.717, 1.165) is 32.4 Å². The normalized spacial score (nSPS) is 23.8. The lowest BCUT2D eigenvalue weighted by molar-refractivity contribution is 0.0669. The maximum atomic E-state index is 13.3. The lowest BCUT2D eigenvalue weighted by Gasteiger charge is -2.29. The Labute approximate surface area is 143 Å². The van der Waals surface area contributed by atoms with E-state index in [1.54, 1.807) is 33.5 Å². The molecule has 0 unspecified atom stereocenters. The van der Waals surface area contributed by atoms with Gasteiger partial charge in [-0.25, -0.2) is 0 Å². The Hall–Kier alpha value is -1.95. The Balaban J connectivity index is 1.97. The molecular formula is C18H26N2O4. The third-order valence-corrected chi connectivity index (χ3v) is 5.16. The summed E-state index contributed by atoms with van der Waals surface area (Å²) in [4.78, 5) is 17.7. The molecule has 6 heteroatoms. The Bertz CT molecular complexity index is 619. The minimum Gasteiger partial charge on any atom is -0.496 e. The van der Waals surface area contributed by atoms with Crippen molar-refractivity contribution in [1.82, 2.24) is 9.80 Å². The highest BCUT2D eigenvalue weighted by Crippen LogP contribution is 2.38. The van der Waals surface area contributed by atoms with E-state index in [-0.39, 0.29) is 11.9 Å². The number of amides is 1. The predicted molar refractivity (Wildman–Crippen MR) is 91.2 cm³/mol. The van der Waals surface area contributed by atoms with Gasteiger partial charge in [-0.1, -0.05) is 0 Å². The van der Waals surface area contributed by atoms with Gasteiger partial charge in [0.1, 0.15) is 5.75 Å². The van der Waals surface area contributed by atoms with Crippen LogP contribution in [0.15, 0.2) is 12.1 Å². The van der Waals surface area contributed by atoms with Gasteiger partial charge in [-0.15, -0.1) is 0 Å². The molecule has 0 saturated carbocycles. The molecule has 2 bridgehead atoms. The van der Waals surface area contributed by atoms with Crippen molar-refractivity contribution < 1.29 is 19.0 Å². The first-order valence-electron chi connectivity index (χ1n) is 8.40. The van der Waals surface area contributed by atoms with E-state index >= 15 is 0 Å². The fraction of sp³-hybridized carbons (Fsp3) is 0.611. The molecule has 6 nitrogen and oxygen atoms in total. The average molecular weight is 334 g/mol. The third-order valence-electron chi connectivity index (χ3n) is 5.16. The second kappa shape index (κ2) is 6.89. The molecule has 1 amide bonds. The maximum Gasteiger partial charge on any atom is 0.258 e. The molecule has 2 saturated heterocycles. The second-order valence-corrected chi connectivity index (χ2v) is 6.56. The van der Waals surface area contributed by atoms with Gasteiger partial charge in [0, 0.05) is 30.8 Å². The van der Waals surface area contributed by atoms with Gasteiger partial charge in [0.25, 0.3) is 5.91 Å². The number of hydrogen-bond donors (Lipinski definition) is 0. The maximum absolute atomic E-state index is 13.3. The SMILES string of the molecule is COc1cc(OC)c(C(=O)N2[C@@H]3CC[C@H]2CN(C)CC3)cc1OC. The summed E-state index contributed by atoms with van der Waals surface area (Å²) in [5, 5.41) is 0. The molecule has 1 aromatic rings. The number of likely N-dealkylation sites (tertiary alicyclic amines) is 1. The monoisotopic (exact) mass is 334 g/mol. The van der Waals surface area contributed by atoms with Crippen molar-refractivity contribution in [2.45, 2.75) is 31.3 Å². The highest BCUT2D eigenvalue weighted by atomic mass is 16.5. The minimum absolute atomic E-state index is 0.0237. The molecule has 2 atom stereocenters. The fourth-order valence-electron chi connectivity index (χ4n) is 3.91. The van der Waals surface area contributed by atoms with Gasteiger partial charge < -0.3 is 24.0 Å². The van der Waals surface area contributed by atoms with Crippen molar-refractivity contribution in [3.8, 4) is 17.2 Å². The average Bonchev–Trinajstić information content (AvgIpc) is 2.91. The number of likely N-dealkylation sites (N-methyl/N-ethyl adjacent to an activating group) is 1. The van der Waals surface area contributed by atoms with Crippen LogP contribution in [-0.2, 0) is 0 Å². The molecule has 2 fully saturated rings. The molecule has 2 aliphatic rings. The molecule has 0 aliphatic carbocycles. The first-order chi connectivity index (χ1) is 11.6. The summed E-state index contributed by atoms with van der Waals surface area (Å²) in [6.07, 6.45) is 3.17. The summed E-state index contributed by atoms with van der Waals surface area (Å²) in [5.41, 5.74) is 0.539. The van der Waals surface area contributed by atoms with Crippen molar-refractivity contribution in [3.63, 3.8) is 0 Å². The summed E-state index contributed by atoms with van der Waals surface area (Å²) in [7, 11) is 6.84. The summed E-state index contributed by atoms with van der Waals surface area (Å²) >= 11 is 0. The molecule has 0 aromatic heterocycles. The Morgan fingerprint density at radius 1 is 0.958 bits per heavy atom. The van der Waals surface area contributed by atoms with E-state index in [4.69, 9.17) is 14.2 Å². The highest BCUT2D eigenvalue weighted by molar-refractivity contribution is 5.98. The largest absolute Gasteiger partial charge is 0.496 e. The van der Waals surface area contributed by atoms with E-state index in [2.05, 4.69) is 16.8 Å². The van der Waals surface area contributed by atoms with Crippen LogP contribution in [-0.4, -0.2) is 69.3 Å². The second-order valence-electron chi connectivity index (χ2n) is 6.56. The van der Waals surface area contributed by atoms with Crippen LogP contribution in [0.4, 0.5) is 0 Å². The summed E-state index contributed by atoms with van der Waals surface area (Å²) in [5.74, 6) is 1.65. The van der Waals surface area contributed by atoms with Gasteiger partial charge in [0.15, 0.2) is 11.5 Å². The van der Waals surface area contributed by atoms with Crippen LogP contribution < -0.4 is 14.2 Å². The number of methoxy groups -OCH3 is 3. The zero-order valence-electron chi connectivity index (χ0n) is 14.9. The standard InChI is InChI=1S/C18H26N2O4/c1-19-8-7-12-5-6-13(11-19)20(12)18(21)14-9-16(23-3)17(24-4)10-15(14)22-2/h9-10,12-13H,5-8,11H2,1-4H3/t12-,13+/m1/s1. The molecule has 2 aliphatic heterocycles. The zero-order valence-corrected chi connectivity index (χ0v) is 14.9. The smallest absolute Gasteiger partial charge is 0.258 e. The Morgan fingerprint density at radius 3 is 2.25 bits per heavy atom. The molecule has 24 heavy (non-hydrogen) atoms. The van der Waals surface area contributed by atoms with Gasteiger partial charge in [-0.3, -0.25) is 4.79 Å².